The first-order chi connectivity index (χ1) is 31.7. The molecule has 3 aromatic heterocycles. The topological polar surface area (TPSA) is 59.2 Å². The fourth-order valence-electron chi connectivity index (χ4n) is 8.27. The zero-order valence-corrected chi connectivity index (χ0v) is 34.8. The van der Waals surface area contributed by atoms with Gasteiger partial charge in [-0.25, -0.2) is 19.9 Å². The molecular weight excluding hydrogens is 781 g/mol. The van der Waals surface area contributed by atoms with E-state index in [9.17, 15) is 0 Å². The summed E-state index contributed by atoms with van der Waals surface area (Å²) in [5.74, 6) is 1.89. The number of rotatable bonds is 10. The smallest absolute Gasteiger partial charge is 0.164 e. The third-order valence-electron chi connectivity index (χ3n) is 11.5. The molecule has 0 radical (unpaired) electrons. The van der Waals surface area contributed by atoms with Crippen molar-refractivity contribution in [2.45, 2.75) is 0 Å². The highest BCUT2D eigenvalue weighted by atomic mass is 15.1. The number of para-hydroxylation sites is 1. The third kappa shape index (κ3) is 7.61. The molecule has 0 saturated carbocycles. The summed E-state index contributed by atoms with van der Waals surface area (Å²) in [4.78, 5) is 22.3. The van der Waals surface area contributed by atoms with E-state index < -0.39 is 0 Å². The lowest BCUT2D eigenvalue weighted by molar-refractivity contribution is 1.07. The number of pyridine rings is 1. The number of nitrogens with zero attached hydrogens (tertiary/aromatic N) is 6. The van der Waals surface area contributed by atoms with E-state index in [1.54, 1.807) is 0 Å². The Morgan fingerprint density at radius 1 is 0.266 bits per heavy atom. The van der Waals surface area contributed by atoms with Crippen LogP contribution in [0.3, 0.4) is 0 Å². The molecule has 0 amide bonds. The maximum Gasteiger partial charge on any atom is 0.164 e. The Morgan fingerprint density at radius 2 is 0.609 bits per heavy atom. The van der Waals surface area contributed by atoms with E-state index in [2.05, 4.69) is 204 Å². The predicted octanol–water partition coefficient (Wildman–Crippen LogP) is 14.7. The van der Waals surface area contributed by atoms with Crippen LogP contribution in [0.4, 0.5) is 17.1 Å². The van der Waals surface area contributed by atoms with Crippen molar-refractivity contribution in [3.63, 3.8) is 0 Å². The van der Waals surface area contributed by atoms with E-state index >= 15 is 0 Å². The predicted molar refractivity (Wildman–Crippen MR) is 261 cm³/mol. The highest BCUT2D eigenvalue weighted by molar-refractivity contribution is 5.85. The lowest BCUT2D eigenvalue weighted by atomic mass is 10.0. The Bertz CT molecular complexity index is 3320. The van der Waals surface area contributed by atoms with Crippen molar-refractivity contribution in [2.24, 2.45) is 0 Å². The van der Waals surface area contributed by atoms with Crippen LogP contribution in [0.2, 0.25) is 0 Å². The van der Waals surface area contributed by atoms with Crippen molar-refractivity contribution in [1.29, 1.82) is 0 Å². The summed E-state index contributed by atoms with van der Waals surface area (Å²) in [5.41, 5.74) is 15.6. The van der Waals surface area contributed by atoms with E-state index in [4.69, 9.17) is 19.9 Å². The van der Waals surface area contributed by atoms with Gasteiger partial charge in [-0.05, 0) is 70.8 Å². The fraction of sp³-hybridized carbons (Fsp3) is 0. The van der Waals surface area contributed by atoms with Crippen LogP contribution < -0.4 is 4.90 Å². The maximum absolute atomic E-state index is 5.05. The largest absolute Gasteiger partial charge is 0.311 e. The molecule has 11 rings (SSSR count). The molecule has 0 aliphatic carbocycles. The average Bonchev–Trinajstić information content (AvgIpc) is 3.78. The monoisotopic (exact) mass is 820 g/mol. The van der Waals surface area contributed by atoms with E-state index in [0.29, 0.717) is 17.5 Å². The fourth-order valence-corrected chi connectivity index (χ4v) is 8.27. The van der Waals surface area contributed by atoms with Gasteiger partial charge in [-0.3, -0.25) is 4.40 Å². The highest BCUT2D eigenvalue weighted by Crippen LogP contribution is 2.39. The van der Waals surface area contributed by atoms with Crippen LogP contribution in [-0.2, 0) is 0 Å². The second kappa shape index (κ2) is 17.0. The molecule has 6 nitrogen and oxygen atoms in total. The van der Waals surface area contributed by atoms with E-state index in [-0.39, 0.29) is 0 Å². The standard InChI is InChI=1S/C58H40N6/c1-5-15-41(16-6-1)42-24-28-48(29-25-42)57-60-56(47-19-9-3-10-20-47)61-58(62-57)49-30-26-43(27-31-49)44-32-36-51(37-33-44)64(50-21-11-4-12-22-50)52-38-34-46(35-39-52)55-54(45-17-7-2-8-18-45)59-53-23-13-14-40-63(53)55/h1-40H. The van der Waals surface area contributed by atoms with Crippen molar-refractivity contribution in [3.8, 4) is 78.9 Å². The SMILES string of the molecule is c1ccc(-c2ccc(-c3nc(-c4ccccc4)nc(-c4ccc(-c5ccc(N(c6ccccc6)c6ccc(-c7c(-c8ccccc8)nc8ccccn78)cc6)cc5)cc4)n3)cc2)cc1. The molecule has 0 N–H and O–H groups in total. The van der Waals surface area contributed by atoms with Crippen molar-refractivity contribution in [3.05, 3.63) is 243 Å². The summed E-state index contributed by atoms with van der Waals surface area (Å²) >= 11 is 0. The van der Waals surface area contributed by atoms with Crippen molar-refractivity contribution >= 4 is 22.7 Å². The van der Waals surface area contributed by atoms with Crippen LogP contribution in [0.15, 0.2) is 243 Å². The Hall–Kier alpha value is -8.74. The van der Waals surface area contributed by atoms with Gasteiger partial charge in [-0.1, -0.05) is 188 Å². The van der Waals surface area contributed by atoms with Crippen LogP contribution in [0.1, 0.15) is 0 Å². The lowest BCUT2D eigenvalue weighted by Crippen LogP contribution is -2.09. The summed E-state index contributed by atoms with van der Waals surface area (Å²) in [6.45, 7) is 0. The Labute approximate surface area is 372 Å². The molecule has 0 unspecified atom stereocenters. The molecule has 0 aliphatic heterocycles. The minimum atomic E-state index is 0.625. The molecule has 6 heteroatoms. The molecule has 302 valence electrons. The van der Waals surface area contributed by atoms with Crippen LogP contribution >= 0.6 is 0 Å². The van der Waals surface area contributed by atoms with Crippen LogP contribution in [0.5, 0.6) is 0 Å². The zero-order chi connectivity index (χ0) is 42.7. The summed E-state index contributed by atoms with van der Waals surface area (Å²) in [6.07, 6.45) is 2.08. The summed E-state index contributed by atoms with van der Waals surface area (Å²) in [7, 11) is 0. The van der Waals surface area contributed by atoms with Gasteiger partial charge in [0.15, 0.2) is 17.5 Å². The van der Waals surface area contributed by atoms with Gasteiger partial charge in [0.2, 0.25) is 0 Å². The van der Waals surface area contributed by atoms with Gasteiger partial charge >= 0.3 is 0 Å². The maximum atomic E-state index is 5.05. The molecule has 8 aromatic carbocycles. The minimum Gasteiger partial charge on any atom is -0.311 e. The third-order valence-corrected chi connectivity index (χ3v) is 11.5. The van der Waals surface area contributed by atoms with Crippen molar-refractivity contribution in [1.82, 2.24) is 24.3 Å². The molecule has 0 aliphatic rings. The summed E-state index contributed by atoms with van der Waals surface area (Å²) < 4.78 is 2.17. The first-order valence-corrected chi connectivity index (χ1v) is 21.4. The molecule has 11 aromatic rings. The number of imidazole rings is 1. The molecule has 0 saturated heterocycles. The van der Waals surface area contributed by atoms with E-state index in [1.807, 2.05) is 48.5 Å². The van der Waals surface area contributed by atoms with Gasteiger partial charge in [0, 0.05) is 51.1 Å². The Morgan fingerprint density at radius 3 is 1.11 bits per heavy atom. The average molecular weight is 821 g/mol. The number of benzene rings is 8. The normalized spacial score (nSPS) is 11.1. The highest BCUT2D eigenvalue weighted by Gasteiger charge is 2.18. The van der Waals surface area contributed by atoms with Gasteiger partial charge in [0.25, 0.3) is 0 Å². The molecule has 0 fully saturated rings. The van der Waals surface area contributed by atoms with Gasteiger partial charge in [0.1, 0.15) is 5.65 Å². The first-order valence-electron chi connectivity index (χ1n) is 21.4. The molecule has 0 bridgehead atoms. The van der Waals surface area contributed by atoms with Crippen LogP contribution in [-0.4, -0.2) is 24.3 Å². The van der Waals surface area contributed by atoms with Gasteiger partial charge < -0.3 is 4.90 Å². The number of hydrogen-bond donors (Lipinski definition) is 0. The molecular formula is C58H40N6. The second-order valence-electron chi connectivity index (χ2n) is 15.6. The Balaban J connectivity index is 0.892. The first kappa shape index (κ1) is 38.2. The Kier molecular flexibility index (Phi) is 10.1. The van der Waals surface area contributed by atoms with Crippen LogP contribution in [0, 0.1) is 0 Å². The molecule has 64 heavy (non-hydrogen) atoms. The number of hydrogen-bond acceptors (Lipinski definition) is 5. The van der Waals surface area contributed by atoms with Gasteiger partial charge in [0.05, 0.1) is 11.4 Å². The second-order valence-corrected chi connectivity index (χ2v) is 15.6. The molecule has 0 atom stereocenters. The zero-order valence-electron chi connectivity index (χ0n) is 34.8. The summed E-state index contributed by atoms with van der Waals surface area (Å²) in [5, 5.41) is 0. The molecule has 0 spiro atoms. The van der Waals surface area contributed by atoms with Crippen molar-refractivity contribution < 1.29 is 0 Å². The number of fused-ring (bicyclic) bond motifs is 1. The van der Waals surface area contributed by atoms with Crippen LogP contribution in [0.25, 0.3) is 84.6 Å². The van der Waals surface area contributed by atoms with Gasteiger partial charge in [-0.2, -0.15) is 0 Å². The van der Waals surface area contributed by atoms with Gasteiger partial charge in [-0.15, -0.1) is 0 Å². The molecule has 3 heterocycles. The summed E-state index contributed by atoms with van der Waals surface area (Å²) in [6, 6.07) is 82.0. The minimum absolute atomic E-state index is 0.625. The van der Waals surface area contributed by atoms with Crippen molar-refractivity contribution in [2.75, 3.05) is 4.90 Å². The lowest BCUT2D eigenvalue weighted by Gasteiger charge is -2.26. The van der Waals surface area contributed by atoms with E-state index in [1.165, 1.54) is 5.56 Å². The quantitative estimate of drug-likeness (QED) is 0.138. The number of aromatic nitrogens is 5. The number of anilines is 3. The van der Waals surface area contributed by atoms with E-state index in [0.717, 1.165) is 78.6 Å².